The van der Waals surface area contributed by atoms with E-state index in [2.05, 4.69) is 0 Å². The summed E-state index contributed by atoms with van der Waals surface area (Å²) in [5.74, 6) is 1.08. The highest BCUT2D eigenvalue weighted by Gasteiger charge is 2.11. The van der Waals surface area contributed by atoms with Gasteiger partial charge >= 0.3 is 0 Å². The lowest BCUT2D eigenvalue weighted by Crippen LogP contribution is -1.81. The van der Waals surface area contributed by atoms with Crippen LogP contribution in [0.25, 0.3) is 10.1 Å². The van der Waals surface area contributed by atoms with Gasteiger partial charge in [0.05, 0.1) is 12.5 Å². The lowest BCUT2D eigenvalue weighted by Gasteiger charge is -2.03. The largest absolute Gasteiger partial charge is 0.506 e. The molecule has 4 heteroatoms. The molecule has 0 aliphatic heterocycles. The van der Waals surface area contributed by atoms with E-state index in [1.807, 2.05) is 23.8 Å². The van der Waals surface area contributed by atoms with Crippen LogP contribution >= 0.6 is 23.1 Å². The van der Waals surface area contributed by atoms with Gasteiger partial charge in [-0.25, -0.2) is 0 Å². The van der Waals surface area contributed by atoms with Crippen molar-refractivity contribution >= 4 is 33.2 Å². The zero-order valence-corrected chi connectivity index (χ0v) is 9.54. The molecule has 2 aromatic rings. The van der Waals surface area contributed by atoms with E-state index in [1.54, 1.807) is 18.4 Å². The molecule has 1 heterocycles. The van der Waals surface area contributed by atoms with Gasteiger partial charge in [-0.05, 0) is 18.4 Å². The molecule has 0 saturated heterocycles. The van der Waals surface area contributed by atoms with Crippen molar-refractivity contribution in [2.45, 2.75) is 4.90 Å². The molecule has 0 aliphatic carbocycles. The molecular formula is C10H10O2S2. The smallest absolute Gasteiger partial charge is 0.141 e. The Morgan fingerprint density at radius 1 is 1.43 bits per heavy atom. The summed E-state index contributed by atoms with van der Waals surface area (Å²) >= 11 is 3.11. The first-order valence-corrected chi connectivity index (χ1v) is 6.19. The molecule has 14 heavy (non-hydrogen) atoms. The number of hydrogen-bond acceptors (Lipinski definition) is 4. The normalized spacial score (nSPS) is 10.7. The SMILES string of the molecule is COc1csc2ccc(SC)c(O)c12. The van der Waals surface area contributed by atoms with Gasteiger partial charge in [-0.1, -0.05) is 0 Å². The second kappa shape index (κ2) is 3.71. The van der Waals surface area contributed by atoms with Gasteiger partial charge in [-0.2, -0.15) is 0 Å². The molecule has 74 valence electrons. The van der Waals surface area contributed by atoms with E-state index in [1.165, 1.54) is 11.8 Å². The van der Waals surface area contributed by atoms with Crippen LogP contribution in [0.2, 0.25) is 0 Å². The van der Waals surface area contributed by atoms with Crippen LogP contribution in [0.1, 0.15) is 0 Å². The van der Waals surface area contributed by atoms with Crippen LogP contribution in [0.5, 0.6) is 11.5 Å². The average molecular weight is 226 g/mol. The van der Waals surface area contributed by atoms with Gasteiger partial charge in [0.25, 0.3) is 0 Å². The van der Waals surface area contributed by atoms with Crippen LogP contribution in [-0.4, -0.2) is 18.5 Å². The Morgan fingerprint density at radius 2 is 2.21 bits per heavy atom. The van der Waals surface area contributed by atoms with Crippen LogP contribution in [0.15, 0.2) is 22.4 Å². The Morgan fingerprint density at radius 3 is 2.86 bits per heavy atom. The highest BCUT2D eigenvalue weighted by molar-refractivity contribution is 7.98. The van der Waals surface area contributed by atoms with E-state index >= 15 is 0 Å². The molecule has 0 radical (unpaired) electrons. The van der Waals surface area contributed by atoms with Crippen LogP contribution < -0.4 is 4.74 Å². The maximum absolute atomic E-state index is 9.96. The van der Waals surface area contributed by atoms with E-state index in [-0.39, 0.29) is 0 Å². The highest BCUT2D eigenvalue weighted by atomic mass is 32.2. The molecule has 0 fully saturated rings. The quantitative estimate of drug-likeness (QED) is 0.796. The fourth-order valence-electron chi connectivity index (χ4n) is 1.38. The number of thiophene rings is 1. The van der Waals surface area contributed by atoms with E-state index in [0.29, 0.717) is 5.75 Å². The molecule has 1 N–H and O–H groups in total. The molecule has 0 aliphatic rings. The van der Waals surface area contributed by atoms with E-state index in [0.717, 1.165) is 20.7 Å². The van der Waals surface area contributed by atoms with Gasteiger partial charge in [-0.3, -0.25) is 0 Å². The number of fused-ring (bicyclic) bond motifs is 1. The van der Waals surface area contributed by atoms with Crippen LogP contribution in [0, 0.1) is 0 Å². The minimum Gasteiger partial charge on any atom is -0.506 e. The van der Waals surface area contributed by atoms with Gasteiger partial charge in [0.15, 0.2) is 0 Å². The summed E-state index contributed by atoms with van der Waals surface area (Å²) < 4.78 is 6.24. The Labute approximate surface area is 90.5 Å². The van der Waals surface area contributed by atoms with Crippen molar-refractivity contribution in [1.29, 1.82) is 0 Å². The van der Waals surface area contributed by atoms with E-state index in [4.69, 9.17) is 4.74 Å². The second-order valence-electron chi connectivity index (χ2n) is 2.79. The Balaban J connectivity index is 2.77. The molecule has 0 atom stereocenters. The monoisotopic (exact) mass is 226 g/mol. The zero-order valence-electron chi connectivity index (χ0n) is 7.90. The summed E-state index contributed by atoms with van der Waals surface area (Å²) in [6, 6.07) is 3.94. The van der Waals surface area contributed by atoms with Crippen LogP contribution in [0.3, 0.4) is 0 Å². The molecule has 1 aromatic carbocycles. The van der Waals surface area contributed by atoms with Gasteiger partial charge in [0.2, 0.25) is 0 Å². The maximum atomic E-state index is 9.96. The number of hydrogen-bond donors (Lipinski definition) is 1. The predicted molar refractivity (Wildman–Crippen MR) is 61.8 cm³/mol. The first kappa shape index (κ1) is 9.68. The summed E-state index contributed by atoms with van der Waals surface area (Å²) in [6.07, 6.45) is 1.94. The minimum atomic E-state index is 0.327. The van der Waals surface area contributed by atoms with Gasteiger partial charge in [0.1, 0.15) is 11.5 Å². The topological polar surface area (TPSA) is 29.5 Å². The van der Waals surface area contributed by atoms with Gasteiger partial charge < -0.3 is 9.84 Å². The third-order valence-electron chi connectivity index (χ3n) is 2.08. The number of phenolic OH excluding ortho intramolecular Hbond substituents is 1. The lowest BCUT2D eigenvalue weighted by molar-refractivity contribution is 0.416. The van der Waals surface area contributed by atoms with Crippen LogP contribution in [-0.2, 0) is 0 Å². The molecule has 0 saturated carbocycles. The first-order valence-electron chi connectivity index (χ1n) is 4.09. The molecule has 2 rings (SSSR count). The number of methoxy groups -OCH3 is 1. The third kappa shape index (κ3) is 1.35. The molecule has 0 amide bonds. The Hall–Kier alpha value is -0.870. The fourth-order valence-corrected chi connectivity index (χ4v) is 2.79. The second-order valence-corrected chi connectivity index (χ2v) is 4.55. The molecule has 2 nitrogen and oxygen atoms in total. The number of phenols is 1. The van der Waals surface area contributed by atoms with Crippen molar-refractivity contribution < 1.29 is 9.84 Å². The number of ether oxygens (including phenoxy) is 1. The van der Waals surface area contributed by atoms with Crippen molar-refractivity contribution in [3.63, 3.8) is 0 Å². The van der Waals surface area contributed by atoms with E-state index < -0.39 is 0 Å². The van der Waals surface area contributed by atoms with Gasteiger partial charge in [0, 0.05) is 15.0 Å². The van der Waals surface area contributed by atoms with Gasteiger partial charge in [-0.15, -0.1) is 23.1 Å². The van der Waals surface area contributed by atoms with Crippen LogP contribution in [0.4, 0.5) is 0 Å². The summed E-state index contributed by atoms with van der Waals surface area (Å²) in [5, 5.41) is 12.7. The average Bonchev–Trinajstić information content (AvgIpc) is 2.62. The van der Waals surface area contributed by atoms with Crippen molar-refractivity contribution in [2.24, 2.45) is 0 Å². The number of rotatable bonds is 2. The maximum Gasteiger partial charge on any atom is 0.141 e. The minimum absolute atomic E-state index is 0.327. The Kier molecular flexibility index (Phi) is 2.56. The predicted octanol–water partition coefficient (Wildman–Crippen LogP) is 3.34. The standard InChI is InChI=1S/C10H10O2S2/c1-12-6-5-14-7-3-4-8(13-2)10(11)9(6)7/h3-5,11H,1-2H3. The lowest BCUT2D eigenvalue weighted by atomic mass is 10.2. The molecule has 0 spiro atoms. The van der Waals surface area contributed by atoms with Crippen molar-refractivity contribution in [2.75, 3.05) is 13.4 Å². The summed E-state index contributed by atoms with van der Waals surface area (Å²) in [7, 11) is 1.62. The molecule has 0 bridgehead atoms. The number of benzene rings is 1. The van der Waals surface area contributed by atoms with Crippen molar-refractivity contribution in [3.05, 3.63) is 17.5 Å². The molecule has 0 unspecified atom stereocenters. The van der Waals surface area contributed by atoms with Crippen molar-refractivity contribution in [3.8, 4) is 11.5 Å². The highest BCUT2D eigenvalue weighted by Crippen LogP contribution is 2.42. The number of aromatic hydroxyl groups is 1. The zero-order chi connectivity index (χ0) is 10.1. The Bertz CT molecular complexity index is 462. The van der Waals surface area contributed by atoms with Crippen molar-refractivity contribution in [1.82, 2.24) is 0 Å². The first-order chi connectivity index (χ1) is 6.77. The molecular weight excluding hydrogens is 216 g/mol. The fraction of sp³-hybridized carbons (Fsp3) is 0.200. The number of thioether (sulfide) groups is 1. The third-order valence-corrected chi connectivity index (χ3v) is 3.78. The summed E-state index contributed by atoms with van der Waals surface area (Å²) in [4.78, 5) is 0.884. The summed E-state index contributed by atoms with van der Waals surface area (Å²) in [5.41, 5.74) is 0. The van der Waals surface area contributed by atoms with E-state index in [9.17, 15) is 5.11 Å². The summed E-state index contributed by atoms with van der Waals surface area (Å²) in [6.45, 7) is 0. The molecule has 1 aromatic heterocycles.